The van der Waals surface area contributed by atoms with Gasteiger partial charge in [0.2, 0.25) is 0 Å². The second kappa shape index (κ2) is 9.76. The molecule has 1 atom stereocenters. The van der Waals surface area contributed by atoms with Gasteiger partial charge in [0.15, 0.2) is 5.96 Å². The summed E-state index contributed by atoms with van der Waals surface area (Å²) in [7, 11) is 3.38. The summed E-state index contributed by atoms with van der Waals surface area (Å²) in [6, 6.07) is 7.93. The number of aliphatic imine (C=N–C) groups is 1. The number of guanidine groups is 1. The van der Waals surface area contributed by atoms with Gasteiger partial charge in [0.05, 0.1) is 19.8 Å². The standard InChI is InChI=1S/C18H28N4O3/c1-4-25-18(23)22-16(14-8-9-14)12-21-17(19-2)20-11-13-6-5-7-15(10-13)24-3/h5-7,10,14,16H,4,8-9,11-12H2,1-3H3,(H,22,23)(H2,19,20,21). The maximum Gasteiger partial charge on any atom is 0.407 e. The van der Waals surface area contributed by atoms with E-state index in [1.807, 2.05) is 24.3 Å². The van der Waals surface area contributed by atoms with Crippen LogP contribution in [0.3, 0.4) is 0 Å². The maximum atomic E-state index is 11.7. The Balaban J connectivity index is 1.80. The summed E-state index contributed by atoms with van der Waals surface area (Å²) in [4.78, 5) is 15.9. The lowest BCUT2D eigenvalue weighted by Crippen LogP contribution is -2.48. The molecule has 0 radical (unpaired) electrons. The van der Waals surface area contributed by atoms with Gasteiger partial charge in [-0.05, 0) is 43.4 Å². The quantitative estimate of drug-likeness (QED) is 0.493. The Morgan fingerprint density at radius 1 is 1.36 bits per heavy atom. The summed E-state index contributed by atoms with van der Waals surface area (Å²) in [6.07, 6.45) is 1.91. The molecule has 0 saturated heterocycles. The van der Waals surface area contributed by atoms with Crippen LogP contribution in [0.25, 0.3) is 0 Å². The molecule has 1 aromatic rings. The van der Waals surface area contributed by atoms with Crippen LogP contribution < -0.4 is 20.7 Å². The molecular formula is C18H28N4O3. The van der Waals surface area contributed by atoms with E-state index in [-0.39, 0.29) is 12.1 Å². The van der Waals surface area contributed by atoms with Crippen LogP contribution in [-0.4, -0.2) is 45.4 Å². The molecule has 3 N–H and O–H groups in total. The minimum absolute atomic E-state index is 0.0504. The SMILES string of the molecule is CCOC(=O)NC(CNC(=NC)NCc1cccc(OC)c1)C1CC1. The zero-order chi connectivity index (χ0) is 18.1. The van der Waals surface area contributed by atoms with E-state index < -0.39 is 0 Å². The number of rotatable bonds is 8. The second-order valence-electron chi connectivity index (χ2n) is 5.97. The van der Waals surface area contributed by atoms with Crippen molar-refractivity contribution >= 4 is 12.1 Å². The fraction of sp³-hybridized carbons (Fsp3) is 0.556. The summed E-state index contributed by atoms with van der Waals surface area (Å²) in [6.45, 7) is 3.42. The van der Waals surface area contributed by atoms with Crippen LogP contribution in [-0.2, 0) is 11.3 Å². The minimum Gasteiger partial charge on any atom is -0.497 e. The van der Waals surface area contributed by atoms with E-state index in [9.17, 15) is 4.79 Å². The Bertz CT molecular complexity index is 587. The largest absolute Gasteiger partial charge is 0.497 e. The predicted octanol–water partition coefficient (Wildman–Crippen LogP) is 1.88. The van der Waals surface area contributed by atoms with Gasteiger partial charge in [0, 0.05) is 20.1 Å². The molecule has 1 fully saturated rings. The van der Waals surface area contributed by atoms with Crippen molar-refractivity contribution in [2.24, 2.45) is 10.9 Å². The molecule has 7 nitrogen and oxygen atoms in total. The van der Waals surface area contributed by atoms with Crippen molar-refractivity contribution in [3.05, 3.63) is 29.8 Å². The molecule has 0 spiro atoms. The molecule has 0 bridgehead atoms. The van der Waals surface area contributed by atoms with Crippen LogP contribution in [0, 0.1) is 5.92 Å². The van der Waals surface area contributed by atoms with Gasteiger partial charge in [-0.15, -0.1) is 0 Å². The van der Waals surface area contributed by atoms with Gasteiger partial charge >= 0.3 is 6.09 Å². The Hall–Kier alpha value is -2.44. The molecular weight excluding hydrogens is 320 g/mol. The highest BCUT2D eigenvalue weighted by Gasteiger charge is 2.32. The van der Waals surface area contributed by atoms with E-state index in [2.05, 4.69) is 20.9 Å². The molecule has 1 aliphatic carbocycles. The third-order valence-electron chi connectivity index (χ3n) is 4.08. The van der Waals surface area contributed by atoms with Gasteiger partial charge in [-0.25, -0.2) is 4.79 Å². The summed E-state index contributed by atoms with van der Waals surface area (Å²) >= 11 is 0. The number of nitrogens with zero attached hydrogens (tertiary/aromatic N) is 1. The third kappa shape index (κ3) is 6.52. The maximum absolute atomic E-state index is 11.7. The van der Waals surface area contributed by atoms with E-state index in [1.54, 1.807) is 21.1 Å². The zero-order valence-electron chi connectivity index (χ0n) is 15.2. The summed E-state index contributed by atoms with van der Waals surface area (Å²) in [5, 5.41) is 9.47. The van der Waals surface area contributed by atoms with Crippen molar-refractivity contribution in [3.8, 4) is 5.75 Å². The second-order valence-corrected chi connectivity index (χ2v) is 5.97. The molecule has 0 aromatic heterocycles. The summed E-state index contributed by atoms with van der Waals surface area (Å²) < 4.78 is 10.2. The summed E-state index contributed by atoms with van der Waals surface area (Å²) in [5.74, 6) is 2.03. The number of benzene rings is 1. The molecule has 1 aromatic carbocycles. The lowest BCUT2D eigenvalue weighted by atomic mass is 10.2. The fourth-order valence-electron chi connectivity index (χ4n) is 2.55. The smallest absolute Gasteiger partial charge is 0.407 e. The number of methoxy groups -OCH3 is 1. The predicted molar refractivity (Wildman–Crippen MR) is 97.9 cm³/mol. The number of hydrogen-bond donors (Lipinski definition) is 3. The van der Waals surface area contributed by atoms with Crippen LogP contribution in [0.1, 0.15) is 25.3 Å². The van der Waals surface area contributed by atoms with Crippen LogP contribution in [0.5, 0.6) is 5.75 Å². The van der Waals surface area contributed by atoms with Crippen LogP contribution in [0.2, 0.25) is 0 Å². The van der Waals surface area contributed by atoms with E-state index >= 15 is 0 Å². The summed E-state index contributed by atoms with van der Waals surface area (Å²) in [5.41, 5.74) is 1.10. The number of alkyl carbamates (subject to hydrolysis) is 1. The molecule has 1 amide bonds. The number of ether oxygens (including phenoxy) is 2. The zero-order valence-corrected chi connectivity index (χ0v) is 15.2. The van der Waals surface area contributed by atoms with Crippen molar-refractivity contribution < 1.29 is 14.3 Å². The van der Waals surface area contributed by atoms with Crippen LogP contribution in [0.4, 0.5) is 4.79 Å². The molecule has 1 saturated carbocycles. The number of carbonyl (C=O) groups is 1. The van der Waals surface area contributed by atoms with Crippen molar-refractivity contribution in [2.75, 3.05) is 27.3 Å². The average Bonchev–Trinajstić information content (AvgIpc) is 3.46. The Morgan fingerprint density at radius 2 is 2.16 bits per heavy atom. The first-order valence-corrected chi connectivity index (χ1v) is 8.67. The first-order chi connectivity index (χ1) is 12.2. The number of hydrogen-bond acceptors (Lipinski definition) is 4. The third-order valence-corrected chi connectivity index (χ3v) is 4.08. The average molecular weight is 348 g/mol. The topological polar surface area (TPSA) is 84.0 Å². The van der Waals surface area contributed by atoms with E-state index in [0.717, 1.165) is 24.2 Å². The Morgan fingerprint density at radius 3 is 2.80 bits per heavy atom. The van der Waals surface area contributed by atoms with E-state index in [1.165, 1.54) is 0 Å². The van der Waals surface area contributed by atoms with Gasteiger partial charge in [-0.3, -0.25) is 4.99 Å². The monoisotopic (exact) mass is 348 g/mol. The van der Waals surface area contributed by atoms with Gasteiger partial charge in [0.25, 0.3) is 0 Å². The first-order valence-electron chi connectivity index (χ1n) is 8.67. The molecule has 1 aliphatic rings. The van der Waals surface area contributed by atoms with Gasteiger partial charge in [-0.1, -0.05) is 12.1 Å². The number of nitrogens with one attached hydrogen (secondary N) is 3. The number of amides is 1. The van der Waals surface area contributed by atoms with Crippen molar-refractivity contribution in [2.45, 2.75) is 32.4 Å². The molecule has 1 unspecified atom stereocenters. The lowest BCUT2D eigenvalue weighted by Gasteiger charge is -2.20. The Kier molecular flexibility index (Phi) is 7.37. The van der Waals surface area contributed by atoms with Crippen molar-refractivity contribution in [1.29, 1.82) is 0 Å². The van der Waals surface area contributed by atoms with Gasteiger partial charge in [0.1, 0.15) is 5.75 Å². The Labute approximate surface area is 149 Å². The van der Waals surface area contributed by atoms with E-state index in [4.69, 9.17) is 9.47 Å². The molecule has 7 heteroatoms. The lowest BCUT2D eigenvalue weighted by molar-refractivity contribution is 0.146. The molecule has 25 heavy (non-hydrogen) atoms. The highest BCUT2D eigenvalue weighted by molar-refractivity contribution is 5.79. The van der Waals surface area contributed by atoms with Crippen LogP contribution >= 0.6 is 0 Å². The molecule has 0 aliphatic heterocycles. The van der Waals surface area contributed by atoms with Crippen molar-refractivity contribution in [1.82, 2.24) is 16.0 Å². The molecule has 138 valence electrons. The first kappa shape index (κ1) is 18.9. The molecule has 0 heterocycles. The van der Waals surface area contributed by atoms with E-state index in [0.29, 0.717) is 31.6 Å². The fourth-order valence-corrected chi connectivity index (χ4v) is 2.55. The number of carbonyl (C=O) groups excluding carboxylic acids is 1. The van der Waals surface area contributed by atoms with Gasteiger partial charge in [-0.2, -0.15) is 0 Å². The van der Waals surface area contributed by atoms with Crippen LogP contribution in [0.15, 0.2) is 29.3 Å². The highest BCUT2D eigenvalue weighted by atomic mass is 16.5. The highest BCUT2D eigenvalue weighted by Crippen LogP contribution is 2.32. The van der Waals surface area contributed by atoms with Gasteiger partial charge < -0.3 is 25.4 Å². The normalized spacial score (nSPS) is 15.2. The minimum atomic E-state index is -0.361. The van der Waals surface area contributed by atoms with Crippen molar-refractivity contribution in [3.63, 3.8) is 0 Å². The molecule has 2 rings (SSSR count).